The summed E-state index contributed by atoms with van der Waals surface area (Å²) in [5.41, 5.74) is 5.75. The highest BCUT2D eigenvalue weighted by Crippen LogP contribution is 2.11. The van der Waals surface area contributed by atoms with E-state index in [-0.39, 0.29) is 18.0 Å². The van der Waals surface area contributed by atoms with Crippen LogP contribution in [0.15, 0.2) is 35.2 Å². The van der Waals surface area contributed by atoms with Crippen molar-refractivity contribution < 1.29 is 8.42 Å². The van der Waals surface area contributed by atoms with Crippen molar-refractivity contribution >= 4 is 10.0 Å². The predicted molar refractivity (Wildman–Crippen MR) is 91.1 cm³/mol. The van der Waals surface area contributed by atoms with Crippen LogP contribution in [0.5, 0.6) is 0 Å². The maximum atomic E-state index is 12.4. The molecule has 0 unspecified atom stereocenters. The Hall–Kier alpha value is -0.950. The van der Waals surface area contributed by atoms with Gasteiger partial charge >= 0.3 is 0 Å². The van der Waals surface area contributed by atoms with Crippen molar-refractivity contribution in [3.8, 4) is 0 Å². The van der Waals surface area contributed by atoms with Crippen LogP contribution in [0.25, 0.3) is 0 Å². The molecule has 0 saturated heterocycles. The molecular weight excluding hydrogens is 298 g/mol. The van der Waals surface area contributed by atoms with Gasteiger partial charge in [-0.1, -0.05) is 45.9 Å². The molecule has 126 valence electrons. The summed E-state index contributed by atoms with van der Waals surface area (Å²) >= 11 is 0. The number of hydrogen-bond acceptors (Lipinski definition) is 4. The van der Waals surface area contributed by atoms with Crippen LogP contribution in [0, 0.1) is 11.8 Å². The second-order valence-electron chi connectivity index (χ2n) is 6.28. The minimum absolute atomic E-state index is 0.177. The molecule has 4 N–H and O–H groups in total. The monoisotopic (exact) mass is 327 g/mol. The van der Waals surface area contributed by atoms with E-state index in [1.807, 2.05) is 13.8 Å². The van der Waals surface area contributed by atoms with Gasteiger partial charge in [0.2, 0.25) is 10.0 Å². The first-order valence-corrected chi connectivity index (χ1v) is 9.27. The van der Waals surface area contributed by atoms with Crippen LogP contribution in [0.3, 0.4) is 0 Å². The third-order valence-corrected chi connectivity index (χ3v) is 5.33. The third kappa shape index (κ3) is 5.68. The van der Waals surface area contributed by atoms with Gasteiger partial charge < -0.3 is 11.1 Å². The smallest absolute Gasteiger partial charge is 0.240 e. The molecule has 0 saturated carbocycles. The predicted octanol–water partition coefficient (Wildman–Crippen LogP) is 1.56. The van der Waals surface area contributed by atoms with E-state index >= 15 is 0 Å². The zero-order chi connectivity index (χ0) is 16.8. The first-order valence-electron chi connectivity index (χ1n) is 7.78. The third-order valence-electron chi connectivity index (χ3n) is 3.82. The van der Waals surface area contributed by atoms with Crippen LogP contribution in [0.4, 0.5) is 0 Å². The van der Waals surface area contributed by atoms with E-state index < -0.39 is 10.0 Å². The molecule has 0 aliphatic heterocycles. The quantitative estimate of drug-likeness (QED) is 0.643. The normalized spacial score (nSPS) is 15.2. The molecule has 6 heteroatoms. The highest BCUT2D eigenvalue weighted by atomic mass is 32.2. The van der Waals surface area contributed by atoms with E-state index in [2.05, 4.69) is 23.9 Å². The molecule has 0 bridgehead atoms. The first-order chi connectivity index (χ1) is 10.3. The van der Waals surface area contributed by atoms with Gasteiger partial charge in [0.1, 0.15) is 0 Å². The maximum Gasteiger partial charge on any atom is 0.240 e. The maximum absolute atomic E-state index is 12.4. The zero-order valence-corrected chi connectivity index (χ0v) is 14.7. The standard InChI is InChI=1S/C16H29N3O2S/c1-12(2)15(10-17)18-11-16(13(3)4)19-22(20,21)14-8-6-5-7-9-14/h5-9,12-13,15-16,18-19H,10-11,17H2,1-4H3/t15-,16-/m1/s1. The average molecular weight is 327 g/mol. The lowest BCUT2D eigenvalue weighted by atomic mass is 10.0. The molecule has 0 aliphatic rings. The Morgan fingerprint density at radius 3 is 2.00 bits per heavy atom. The van der Waals surface area contributed by atoms with Crippen LogP contribution in [-0.2, 0) is 10.0 Å². The van der Waals surface area contributed by atoms with Gasteiger partial charge in [0.15, 0.2) is 0 Å². The number of sulfonamides is 1. The highest BCUT2D eigenvalue weighted by Gasteiger charge is 2.23. The molecular formula is C16H29N3O2S. The molecule has 1 rings (SSSR count). The molecule has 0 aliphatic carbocycles. The Balaban J connectivity index is 2.76. The van der Waals surface area contributed by atoms with Crippen LogP contribution < -0.4 is 15.8 Å². The Morgan fingerprint density at radius 1 is 1.00 bits per heavy atom. The summed E-state index contributed by atoms with van der Waals surface area (Å²) in [6.07, 6.45) is 0. The Kier molecular flexibility index (Phi) is 7.48. The SMILES string of the molecule is CC(C)[C@@H](CN)NC[C@@H](NS(=O)(=O)c1ccccc1)C(C)C. The molecule has 0 amide bonds. The second-order valence-corrected chi connectivity index (χ2v) is 7.99. The number of rotatable bonds is 9. The topological polar surface area (TPSA) is 84.2 Å². The Morgan fingerprint density at radius 2 is 1.55 bits per heavy atom. The van der Waals surface area contributed by atoms with Crippen molar-refractivity contribution in [3.63, 3.8) is 0 Å². The van der Waals surface area contributed by atoms with Gasteiger partial charge in [-0.3, -0.25) is 0 Å². The summed E-state index contributed by atoms with van der Waals surface area (Å²) in [5.74, 6) is 0.583. The lowest BCUT2D eigenvalue weighted by Crippen LogP contribution is -2.50. The molecule has 1 aromatic carbocycles. The minimum Gasteiger partial charge on any atom is -0.329 e. The van der Waals surface area contributed by atoms with E-state index in [0.29, 0.717) is 23.9 Å². The van der Waals surface area contributed by atoms with Gasteiger partial charge in [0, 0.05) is 25.2 Å². The summed E-state index contributed by atoms with van der Waals surface area (Å²) in [5, 5.41) is 3.37. The lowest BCUT2D eigenvalue weighted by Gasteiger charge is -2.27. The van der Waals surface area contributed by atoms with E-state index in [0.717, 1.165) is 0 Å². The Bertz CT molecular complexity index is 530. The largest absolute Gasteiger partial charge is 0.329 e. The van der Waals surface area contributed by atoms with Gasteiger partial charge in [0.05, 0.1) is 4.90 Å². The molecule has 1 aromatic rings. The molecule has 5 nitrogen and oxygen atoms in total. The fourth-order valence-electron chi connectivity index (χ4n) is 2.15. The van der Waals surface area contributed by atoms with Crippen molar-refractivity contribution in [2.24, 2.45) is 17.6 Å². The van der Waals surface area contributed by atoms with Crippen molar-refractivity contribution in [2.75, 3.05) is 13.1 Å². The molecule has 0 fully saturated rings. The number of nitrogens with two attached hydrogens (primary N) is 1. The van der Waals surface area contributed by atoms with E-state index in [4.69, 9.17) is 5.73 Å². The van der Waals surface area contributed by atoms with Crippen LogP contribution in [-0.4, -0.2) is 33.6 Å². The Labute approximate surface area is 134 Å². The minimum atomic E-state index is -3.50. The van der Waals surface area contributed by atoms with Gasteiger partial charge in [-0.15, -0.1) is 0 Å². The summed E-state index contributed by atoms with van der Waals surface area (Å²) in [6.45, 7) is 9.31. The van der Waals surface area contributed by atoms with Crippen LogP contribution in [0.2, 0.25) is 0 Å². The van der Waals surface area contributed by atoms with Crippen molar-refractivity contribution in [1.29, 1.82) is 0 Å². The van der Waals surface area contributed by atoms with Crippen LogP contribution >= 0.6 is 0 Å². The summed E-state index contributed by atoms with van der Waals surface area (Å²) in [7, 11) is -3.50. The van der Waals surface area contributed by atoms with Gasteiger partial charge in [-0.25, -0.2) is 13.1 Å². The van der Waals surface area contributed by atoms with E-state index in [1.165, 1.54) is 0 Å². The molecule has 0 heterocycles. The van der Waals surface area contributed by atoms with E-state index in [1.54, 1.807) is 30.3 Å². The summed E-state index contributed by atoms with van der Waals surface area (Å²) < 4.78 is 27.7. The van der Waals surface area contributed by atoms with Crippen molar-refractivity contribution in [1.82, 2.24) is 10.0 Å². The van der Waals surface area contributed by atoms with E-state index in [9.17, 15) is 8.42 Å². The lowest BCUT2D eigenvalue weighted by molar-refractivity contribution is 0.354. The fourth-order valence-corrected chi connectivity index (χ4v) is 3.56. The number of benzene rings is 1. The van der Waals surface area contributed by atoms with Gasteiger partial charge in [-0.2, -0.15) is 0 Å². The highest BCUT2D eigenvalue weighted by molar-refractivity contribution is 7.89. The second kappa shape index (κ2) is 8.62. The molecule has 0 aromatic heterocycles. The molecule has 0 spiro atoms. The number of hydrogen-bond donors (Lipinski definition) is 3. The molecule has 0 radical (unpaired) electrons. The van der Waals surface area contributed by atoms with Crippen molar-refractivity contribution in [2.45, 2.75) is 44.7 Å². The molecule has 22 heavy (non-hydrogen) atoms. The zero-order valence-electron chi connectivity index (χ0n) is 13.9. The first kappa shape index (κ1) is 19.1. The van der Waals surface area contributed by atoms with Crippen LogP contribution in [0.1, 0.15) is 27.7 Å². The fraction of sp³-hybridized carbons (Fsp3) is 0.625. The van der Waals surface area contributed by atoms with Gasteiger partial charge in [-0.05, 0) is 24.0 Å². The van der Waals surface area contributed by atoms with Gasteiger partial charge in [0.25, 0.3) is 0 Å². The number of nitrogens with one attached hydrogen (secondary N) is 2. The summed E-state index contributed by atoms with van der Waals surface area (Å²) in [4.78, 5) is 0.292. The van der Waals surface area contributed by atoms with Crippen molar-refractivity contribution in [3.05, 3.63) is 30.3 Å². The summed E-state index contributed by atoms with van der Waals surface area (Å²) in [6, 6.07) is 8.45. The average Bonchev–Trinajstić information content (AvgIpc) is 2.47. The molecule has 2 atom stereocenters.